The number of imide groups is 1. The maximum atomic E-state index is 13.0. The van der Waals surface area contributed by atoms with Gasteiger partial charge in [-0.15, -0.1) is 0 Å². The van der Waals surface area contributed by atoms with E-state index in [1.165, 1.54) is 0 Å². The smallest absolute Gasteiger partial charge is 0.255 e. The highest BCUT2D eigenvalue weighted by atomic mass is 16.2. The summed E-state index contributed by atoms with van der Waals surface area (Å²) in [6, 6.07) is 15.3. The van der Waals surface area contributed by atoms with Gasteiger partial charge in [0.25, 0.3) is 5.91 Å². The van der Waals surface area contributed by atoms with Gasteiger partial charge in [-0.2, -0.15) is 5.10 Å². The van der Waals surface area contributed by atoms with Gasteiger partial charge in [0.2, 0.25) is 11.8 Å². The van der Waals surface area contributed by atoms with Gasteiger partial charge in [-0.05, 0) is 36.6 Å². The molecule has 1 N–H and O–H groups in total. The summed E-state index contributed by atoms with van der Waals surface area (Å²) in [6.45, 7) is 3.16. The molecular weight excluding hydrogens is 392 g/mol. The Hall–Kier alpha value is -3.74. The van der Waals surface area contributed by atoms with E-state index in [-0.39, 0.29) is 18.2 Å². The van der Waals surface area contributed by atoms with E-state index in [0.29, 0.717) is 18.5 Å². The normalized spacial score (nSPS) is 18.3. The molecule has 1 aromatic heterocycles. The van der Waals surface area contributed by atoms with Gasteiger partial charge in [0.05, 0.1) is 11.9 Å². The second-order valence-corrected chi connectivity index (χ2v) is 7.86. The Labute approximate surface area is 179 Å². The summed E-state index contributed by atoms with van der Waals surface area (Å²) < 4.78 is 1.97. The van der Waals surface area contributed by atoms with E-state index >= 15 is 0 Å². The molecule has 2 aliphatic rings. The minimum Gasteiger partial charge on any atom is -0.322 e. The minimum atomic E-state index is -0.608. The Bertz CT molecular complexity index is 1200. The predicted molar refractivity (Wildman–Crippen MR) is 115 cm³/mol. The number of fused-ring (bicyclic) bond motifs is 1. The molecule has 7 nitrogen and oxygen atoms in total. The van der Waals surface area contributed by atoms with Gasteiger partial charge >= 0.3 is 0 Å². The molecule has 3 amide bonds. The van der Waals surface area contributed by atoms with Gasteiger partial charge in [-0.1, -0.05) is 36.4 Å². The first-order valence-corrected chi connectivity index (χ1v) is 10.5. The number of aryl methyl sites for hydroxylation is 1. The van der Waals surface area contributed by atoms with Gasteiger partial charge < -0.3 is 4.90 Å². The Kier molecular flexibility index (Phi) is 4.66. The molecule has 2 aromatic carbocycles. The zero-order valence-electron chi connectivity index (χ0n) is 17.2. The summed E-state index contributed by atoms with van der Waals surface area (Å²) in [6.07, 6.45) is 2.47. The van der Waals surface area contributed by atoms with E-state index in [0.717, 1.165) is 34.5 Å². The Morgan fingerprint density at radius 3 is 2.58 bits per heavy atom. The van der Waals surface area contributed by atoms with Crippen LogP contribution in [0.2, 0.25) is 0 Å². The molecular formula is C24H22N4O3. The standard InChI is InChI=1S/C24H22N4O3/c1-2-28-22(15-6-4-3-5-7-15)19(13-25-28)16-8-9-18-17(12-16)14-27(24(18)31)20-10-11-21(29)26-23(20)30/h3-9,12-13,20H,2,10-11,14H2,1H3,(H,26,29,30). The molecule has 1 fully saturated rings. The Morgan fingerprint density at radius 2 is 1.84 bits per heavy atom. The monoisotopic (exact) mass is 414 g/mol. The number of carbonyl (C=O) groups excluding carboxylic acids is 3. The molecule has 156 valence electrons. The average molecular weight is 414 g/mol. The van der Waals surface area contributed by atoms with E-state index in [1.807, 2.05) is 47.3 Å². The van der Waals surface area contributed by atoms with Crippen molar-refractivity contribution in [1.29, 1.82) is 0 Å². The fourth-order valence-corrected chi connectivity index (χ4v) is 4.48. The number of aromatic nitrogens is 2. The molecule has 0 saturated carbocycles. The molecule has 7 heteroatoms. The third-order valence-corrected chi connectivity index (χ3v) is 6.02. The highest BCUT2D eigenvalue weighted by molar-refractivity contribution is 6.05. The van der Waals surface area contributed by atoms with Crippen molar-refractivity contribution in [3.63, 3.8) is 0 Å². The first kappa shape index (κ1) is 19.2. The Morgan fingerprint density at radius 1 is 1.03 bits per heavy atom. The van der Waals surface area contributed by atoms with Crippen LogP contribution in [-0.4, -0.2) is 38.4 Å². The van der Waals surface area contributed by atoms with Crippen LogP contribution in [0.4, 0.5) is 0 Å². The van der Waals surface area contributed by atoms with Gasteiger partial charge in [0, 0.05) is 36.2 Å². The van der Waals surface area contributed by atoms with Crippen molar-refractivity contribution in [2.24, 2.45) is 0 Å². The fraction of sp³-hybridized carbons (Fsp3) is 0.250. The van der Waals surface area contributed by atoms with E-state index in [1.54, 1.807) is 4.90 Å². The van der Waals surface area contributed by atoms with Gasteiger partial charge in [0.15, 0.2) is 0 Å². The fourth-order valence-electron chi connectivity index (χ4n) is 4.48. The van der Waals surface area contributed by atoms with Crippen LogP contribution in [0.25, 0.3) is 22.4 Å². The lowest BCUT2D eigenvalue weighted by Crippen LogP contribution is -2.52. The molecule has 31 heavy (non-hydrogen) atoms. The van der Waals surface area contributed by atoms with Crippen LogP contribution in [-0.2, 0) is 22.7 Å². The summed E-state index contributed by atoms with van der Waals surface area (Å²) >= 11 is 0. The number of nitrogens with zero attached hydrogens (tertiary/aromatic N) is 3. The molecule has 3 heterocycles. The second-order valence-electron chi connectivity index (χ2n) is 7.86. The van der Waals surface area contributed by atoms with Crippen LogP contribution < -0.4 is 5.32 Å². The van der Waals surface area contributed by atoms with Crippen molar-refractivity contribution in [2.75, 3.05) is 0 Å². The number of amides is 3. The topological polar surface area (TPSA) is 84.3 Å². The minimum absolute atomic E-state index is 0.163. The zero-order valence-corrected chi connectivity index (χ0v) is 17.2. The molecule has 5 rings (SSSR count). The first-order chi connectivity index (χ1) is 15.1. The van der Waals surface area contributed by atoms with Crippen molar-refractivity contribution in [1.82, 2.24) is 20.0 Å². The molecule has 2 aliphatic heterocycles. The number of hydrogen-bond donors (Lipinski definition) is 1. The maximum Gasteiger partial charge on any atom is 0.255 e. The summed E-state index contributed by atoms with van der Waals surface area (Å²) in [5.74, 6) is -0.842. The third kappa shape index (κ3) is 3.22. The average Bonchev–Trinajstić information content (AvgIpc) is 3.35. The SMILES string of the molecule is CCn1ncc(-c2ccc3c(c2)CN(C2CCC(=O)NC2=O)C3=O)c1-c1ccccc1. The van der Waals surface area contributed by atoms with Crippen molar-refractivity contribution in [3.8, 4) is 22.4 Å². The highest BCUT2D eigenvalue weighted by Crippen LogP contribution is 2.35. The molecule has 3 aromatic rings. The molecule has 1 saturated heterocycles. The number of benzene rings is 2. The van der Waals surface area contributed by atoms with Crippen LogP contribution >= 0.6 is 0 Å². The van der Waals surface area contributed by atoms with E-state index in [9.17, 15) is 14.4 Å². The van der Waals surface area contributed by atoms with Crippen LogP contribution in [0.1, 0.15) is 35.7 Å². The summed E-state index contributed by atoms with van der Waals surface area (Å²) in [5.41, 5.74) is 5.60. The number of rotatable bonds is 4. The van der Waals surface area contributed by atoms with E-state index < -0.39 is 11.9 Å². The van der Waals surface area contributed by atoms with E-state index in [4.69, 9.17) is 0 Å². The van der Waals surface area contributed by atoms with Gasteiger partial charge in [0.1, 0.15) is 6.04 Å². The lowest BCUT2D eigenvalue weighted by Gasteiger charge is -2.29. The molecule has 1 unspecified atom stereocenters. The Balaban J connectivity index is 1.50. The van der Waals surface area contributed by atoms with Crippen molar-refractivity contribution < 1.29 is 14.4 Å². The first-order valence-electron chi connectivity index (χ1n) is 10.5. The van der Waals surface area contributed by atoms with E-state index in [2.05, 4.69) is 29.5 Å². The number of nitrogens with one attached hydrogen (secondary N) is 1. The van der Waals surface area contributed by atoms with Crippen LogP contribution in [0.15, 0.2) is 54.7 Å². The molecule has 0 spiro atoms. The number of hydrogen-bond acceptors (Lipinski definition) is 4. The summed E-state index contributed by atoms with van der Waals surface area (Å²) in [5, 5.41) is 6.90. The third-order valence-electron chi connectivity index (χ3n) is 6.02. The summed E-state index contributed by atoms with van der Waals surface area (Å²) in [7, 11) is 0. The van der Waals surface area contributed by atoms with Crippen molar-refractivity contribution in [3.05, 3.63) is 65.9 Å². The van der Waals surface area contributed by atoms with Gasteiger partial charge in [-0.3, -0.25) is 24.4 Å². The highest BCUT2D eigenvalue weighted by Gasteiger charge is 2.39. The molecule has 1 atom stereocenters. The lowest BCUT2D eigenvalue weighted by atomic mass is 9.98. The lowest BCUT2D eigenvalue weighted by molar-refractivity contribution is -0.136. The maximum absolute atomic E-state index is 13.0. The molecule has 0 bridgehead atoms. The van der Waals surface area contributed by atoms with Crippen molar-refractivity contribution >= 4 is 17.7 Å². The van der Waals surface area contributed by atoms with Crippen LogP contribution in [0.3, 0.4) is 0 Å². The van der Waals surface area contributed by atoms with Gasteiger partial charge in [-0.25, -0.2) is 0 Å². The molecule has 0 radical (unpaired) electrons. The number of piperidine rings is 1. The summed E-state index contributed by atoms with van der Waals surface area (Å²) in [4.78, 5) is 38.3. The number of carbonyl (C=O) groups is 3. The predicted octanol–water partition coefficient (Wildman–Crippen LogP) is 3.00. The van der Waals surface area contributed by atoms with Crippen molar-refractivity contribution in [2.45, 2.75) is 38.9 Å². The van der Waals surface area contributed by atoms with Crippen LogP contribution in [0, 0.1) is 0 Å². The largest absolute Gasteiger partial charge is 0.322 e. The zero-order chi connectivity index (χ0) is 21.5. The molecule has 0 aliphatic carbocycles. The quantitative estimate of drug-likeness (QED) is 0.665. The van der Waals surface area contributed by atoms with Crippen LogP contribution in [0.5, 0.6) is 0 Å². The second kappa shape index (κ2) is 7.50.